The van der Waals surface area contributed by atoms with E-state index in [0.717, 1.165) is 16.9 Å². The van der Waals surface area contributed by atoms with E-state index in [-0.39, 0.29) is 0 Å². The average Bonchev–Trinajstić information content (AvgIpc) is 2.43. The first-order valence-electron chi connectivity index (χ1n) is 6.91. The van der Waals surface area contributed by atoms with Gasteiger partial charge in [-0.15, -0.1) is 5.73 Å². The summed E-state index contributed by atoms with van der Waals surface area (Å²) in [7, 11) is 0. The highest BCUT2D eigenvalue weighted by Crippen LogP contribution is 2.02. The summed E-state index contributed by atoms with van der Waals surface area (Å²) in [4.78, 5) is 0. The quantitative estimate of drug-likeness (QED) is 0.318. The third-order valence-electron chi connectivity index (χ3n) is 1.87. The van der Waals surface area contributed by atoms with E-state index < -0.39 is 0 Å². The Morgan fingerprint density at radius 1 is 1.15 bits per heavy atom. The zero-order valence-corrected chi connectivity index (χ0v) is 13.6. The molecule has 0 aliphatic carbocycles. The zero-order chi connectivity index (χ0) is 15.8. The van der Waals surface area contributed by atoms with E-state index in [0.29, 0.717) is 6.61 Å². The lowest BCUT2D eigenvalue weighted by molar-refractivity contribution is 0.244. The minimum absolute atomic E-state index is 0.472. The van der Waals surface area contributed by atoms with Crippen LogP contribution in [0.15, 0.2) is 78.3 Å². The van der Waals surface area contributed by atoms with Crippen LogP contribution >= 0.6 is 0 Å². The summed E-state index contributed by atoms with van der Waals surface area (Å²) >= 11 is 0. The van der Waals surface area contributed by atoms with E-state index >= 15 is 0 Å². The molecule has 0 aromatic carbocycles. The first-order chi connectivity index (χ1) is 9.56. The predicted octanol–water partition coefficient (Wildman–Crippen LogP) is 5.91. The summed E-state index contributed by atoms with van der Waals surface area (Å²) in [5.41, 5.74) is 4.90. The van der Waals surface area contributed by atoms with E-state index in [1.54, 1.807) is 0 Å². The van der Waals surface area contributed by atoms with Crippen LogP contribution in [0.25, 0.3) is 0 Å². The van der Waals surface area contributed by atoms with Crippen molar-refractivity contribution in [3.63, 3.8) is 0 Å². The van der Waals surface area contributed by atoms with Crippen LogP contribution < -0.4 is 0 Å². The van der Waals surface area contributed by atoms with Crippen molar-refractivity contribution in [3.05, 3.63) is 78.3 Å². The molecule has 1 nitrogen and oxygen atoms in total. The molecule has 0 amide bonds. The second-order valence-electron chi connectivity index (χ2n) is 3.93. The van der Waals surface area contributed by atoms with Gasteiger partial charge in [-0.1, -0.05) is 56.9 Å². The van der Waals surface area contributed by atoms with Crippen molar-refractivity contribution in [2.45, 2.75) is 34.6 Å². The first-order valence-corrected chi connectivity index (χ1v) is 6.91. The van der Waals surface area contributed by atoms with Gasteiger partial charge in [0.15, 0.2) is 0 Å². The topological polar surface area (TPSA) is 9.23 Å². The van der Waals surface area contributed by atoms with E-state index in [9.17, 15) is 0 Å². The molecule has 20 heavy (non-hydrogen) atoms. The molecule has 0 heterocycles. The summed E-state index contributed by atoms with van der Waals surface area (Å²) < 4.78 is 5.52. The maximum absolute atomic E-state index is 5.52. The molecule has 0 saturated carbocycles. The Morgan fingerprint density at radius 3 is 2.35 bits per heavy atom. The van der Waals surface area contributed by atoms with Gasteiger partial charge in [0.2, 0.25) is 0 Å². The SMILES string of the molecule is C=C(C)/C=C\C=C(/C)OCC(=C)C=C=C/C=C\C.CC. The van der Waals surface area contributed by atoms with Gasteiger partial charge >= 0.3 is 0 Å². The van der Waals surface area contributed by atoms with Crippen LogP contribution in [0.2, 0.25) is 0 Å². The molecular formula is C19H28O. The second kappa shape index (κ2) is 15.1. The van der Waals surface area contributed by atoms with Crippen molar-refractivity contribution < 1.29 is 4.74 Å². The van der Waals surface area contributed by atoms with E-state index in [1.807, 2.05) is 77.2 Å². The summed E-state index contributed by atoms with van der Waals surface area (Å²) in [6.45, 7) is 18.0. The van der Waals surface area contributed by atoms with Crippen molar-refractivity contribution in [2.24, 2.45) is 0 Å². The molecule has 0 N–H and O–H groups in total. The molecule has 0 radical (unpaired) electrons. The molecule has 0 rings (SSSR count). The van der Waals surface area contributed by atoms with Crippen molar-refractivity contribution in [1.82, 2.24) is 0 Å². The minimum Gasteiger partial charge on any atom is -0.494 e. The molecule has 0 fully saturated rings. The molecule has 0 aliphatic heterocycles. The fraction of sp³-hybridized carbons (Fsp3) is 0.316. The molecule has 0 saturated heterocycles. The second-order valence-corrected chi connectivity index (χ2v) is 3.93. The highest BCUT2D eigenvalue weighted by molar-refractivity contribution is 5.19. The average molecular weight is 272 g/mol. The molecule has 0 aromatic heterocycles. The van der Waals surface area contributed by atoms with Crippen LogP contribution in [0.3, 0.4) is 0 Å². The summed E-state index contributed by atoms with van der Waals surface area (Å²) in [5, 5.41) is 0. The smallest absolute Gasteiger partial charge is 0.113 e. The van der Waals surface area contributed by atoms with Crippen molar-refractivity contribution in [3.8, 4) is 0 Å². The summed E-state index contributed by atoms with van der Waals surface area (Å²) in [5.74, 6) is 0.847. The van der Waals surface area contributed by atoms with Crippen LogP contribution in [-0.2, 0) is 4.74 Å². The lowest BCUT2D eigenvalue weighted by Crippen LogP contribution is -1.92. The van der Waals surface area contributed by atoms with Crippen LogP contribution in [0.4, 0.5) is 0 Å². The Balaban J connectivity index is 0. The first kappa shape index (κ1) is 20.3. The van der Waals surface area contributed by atoms with Gasteiger partial charge in [-0.2, -0.15) is 0 Å². The van der Waals surface area contributed by atoms with Gasteiger partial charge in [0.05, 0.1) is 5.76 Å². The van der Waals surface area contributed by atoms with Gasteiger partial charge in [0, 0.05) is 0 Å². The van der Waals surface area contributed by atoms with Gasteiger partial charge in [-0.05, 0) is 44.6 Å². The van der Waals surface area contributed by atoms with Gasteiger partial charge in [0.25, 0.3) is 0 Å². The Morgan fingerprint density at radius 2 is 1.80 bits per heavy atom. The highest BCUT2D eigenvalue weighted by atomic mass is 16.5. The molecule has 0 spiro atoms. The summed E-state index contributed by atoms with van der Waals surface area (Å²) in [6.07, 6.45) is 13.3. The highest BCUT2D eigenvalue weighted by Gasteiger charge is 1.90. The number of ether oxygens (including phenoxy) is 1. The Hall–Kier alpha value is -1.98. The third-order valence-corrected chi connectivity index (χ3v) is 1.87. The molecule has 1 heteroatoms. The summed E-state index contributed by atoms with van der Waals surface area (Å²) in [6, 6.07) is 0. The van der Waals surface area contributed by atoms with Crippen molar-refractivity contribution >= 4 is 0 Å². The van der Waals surface area contributed by atoms with E-state index in [4.69, 9.17) is 4.74 Å². The molecule has 0 aliphatic rings. The normalized spacial score (nSPS) is 10.6. The maximum atomic E-state index is 5.52. The monoisotopic (exact) mass is 272 g/mol. The maximum Gasteiger partial charge on any atom is 0.113 e. The lowest BCUT2D eigenvalue weighted by Gasteiger charge is -2.04. The van der Waals surface area contributed by atoms with Gasteiger partial charge in [0.1, 0.15) is 6.61 Å². The standard InChI is InChI=1S/C17H22O.C2H6/c1-6-7-8-9-12-16(4)14-18-17(5)13-10-11-15(2)3;1-2/h6-8,10-13H,2,4,14H2,1,3,5H3;1-2H3/b7-6-,11-10-,17-13+;. The number of hydrogen-bond donors (Lipinski definition) is 0. The minimum atomic E-state index is 0.472. The van der Waals surface area contributed by atoms with E-state index in [2.05, 4.69) is 18.9 Å². The van der Waals surface area contributed by atoms with Gasteiger partial charge in [-0.3, -0.25) is 0 Å². The van der Waals surface area contributed by atoms with Crippen LogP contribution in [-0.4, -0.2) is 6.61 Å². The van der Waals surface area contributed by atoms with Crippen molar-refractivity contribution in [1.29, 1.82) is 0 Å². The molecular weight excluding hydrogens is 244 g/mol. The molecule has 0 aromatic rings. The predicted molar refractivity (Wildman–Crippen MR) is 91.6 cm³/mol. The zero-order valence-electron chi connectivity index (χ0n) is 13.6. The molecule has 0 atom stereocenters. The Bertz CT molecular complexity index is 425. The lowest BCUT2D eigenvalue weighted by atomic mass is 10.3. The Kier molecular flexibility index (Phi) is 15.3. The molecule has 110 valence electrons. The fourth-order valence-corrected chi connectivity index (χ4v) is 0.962. The Labute approximate surface area is 125 Å². The van der Waals surface area contributed by atoms with E-state index in [1.165, 1.54) is 0 Å². The number of allylic oxidation sites excluding steroid dienone is 7. The number of hydrogen-bond acceptors (Lipinski definition) is 1. The molecule has 0 bridgehead atoms. The van der Waals surface area contributed by atoms with Crippen LogP contribution in [0, 0.1) is 0 Å². The third kappa shape index (κ3) is 16.0. The fourth-order valence-electron chi connectivity index (χ4n) is 0.962. The van der Waals surface area contributed by atoms with Crippen LogP contribution in [0.1, 0.15) is 34.6 Å². The van der Waals surface area contributed by atoms with Crippen LogP contribution in [0.5, 0.6) is 0 Å². The largest absolute Gasteiger partial charge is 0.494 e. The van der Waals surface area contributed by atoms with Gasteiger partial charge in [-0.25, -0.2) is 0 Å². The van der Waals surface area contributed by atoms with Crippen molar-refractivity contribution in [2.75, 3.05) is 6.61 Å². The molecule has 0 unspecified atom stereocenters. The number of rotatable bonds is 7. The van der Waals surface area contributed by atoms with Gasteiger partial charge < -0.3 is 4.74 Å².